The fourth-order valence-electron chi connectivity index (χ4n) is 10.4. The highest BCUT2D eigenvalue weighted by molar-refractivity contribution is 6.91. The van der Waals surface area contributed by atoms with E-state index in [0.29, 0.717) is 109 Å². The summed E-state index contributed by atoms with van der Waals surface area (Å²) in [5.74, 6) is -3.71. The van der Waals surface area contributed by atoms with Crippen LogP contribution in [0.2, 0.25) is 156 Å². The smallest absolute Gasteiger partial charge is 0.465 e. The molecule has 0 rings (SSSR count). The van der Waals surface area contributed by atoms with Crippen LogP contribution in [-0.4, -0.2) is 252 Å². The van der Waals surface area contributed by atoms with Gasteiger partial charge in [0.2, 0.25) is 6.29 Å². The topological polar surface area (TPSA) is 395 Å². The average molecular weight is 2070 g/mol. The van der Waals surface area contributed by atoms with Gasteiger partial charge in [-0.25, -0.2) is 19.2 Å². The summed E-state index contributed by atoms with van der Waals surface area (Å²) in [5.41, 5.74) is -1.66. The van der Waals surface area contributed by atoms with Crippen molar-refractivity contribution in [2.45, 2.75) is 363 Å². The van der Waals surface area contributed by atoms with Gasteiger partial charge < -0.3 is 96.7 Å². The first kappa shape index (κ1) is 139. The first-order chi connectivity index (χ1) is 61.0. The summed E-state index contributed by atoms with van der Waals surface area (Å²) < 4.78 is 105. The molecule has 0 heterocycles. The third kappa shape index (κ3) is 82.7. The molecular weight excluding hydrogens is 1880 g/mol. The van der Waals surface area contributed by atoms with Gasteiger partial charge in [-0.2, -0.15) is 0 Å². The quantitative estimate of drug-likeness (QED) is 0.0143. The summed E-state index contributed by atoms with van der Waals surface area (Å²) in [6.45, 7) is 91.4. The van der Waals surface area contributed by atoms with Crippen LogP contribution in [0.25, 0.3) is 0 Å². The molecule has 0 fully saturated rings. The standard InChI is InChI=1S/C20H50O6Si5.C19H41NO6Si2.C17H38O5Si2.C14H22O6.C12H20O4.C11H18O4/c1-15-20(2,3)19(21)22-17-16-18-31(24-28(7,8)9,25-29(10,11)12)26-30(13,14)23-27(4,5)6;1-8-17(2)18(21)24-13-9-11-20-19(22)25-15-14-23-12-10-16-28(6,7)26-27(3,4)5;1-9-17(2,3)16(19)21-15(18)11-13-20-12-10-14-24(7,8)22-23(4,5)6;1-4-11(3)14(17)20-10-9-19-13(16)7-6-8-18-12(15)5-2;1-6-12(4,5)11(14)16-8-7-15-10(13)9(2)3;1-5-9(12)14-7-8-15-10(13)11(3,4)6-2/h15-18H2,1-14H3;17H,8-16H2,1-7H3,(H,20,22);15,18H,9-14H2,1-8H3;5,11H,2,4,6-10H2,1,3H3;2,6-8H2,1,3-5H3;5H,1,6-8H2,2-4H3. The van der Waals surface area contributed by atoms with Gasteiger partial charge in [-0.05, 0) is 283 Å². The Morgan fingerprint density at radius 1 is 0.366 bits per heavy atom. The minimum absolute atomic E-state index is 0.0352. The molecule has 0 aliphatic rings. The van der Waals surface area contributed by atoms with Gasteiger partial charge in [-0.1, -0.05) is 75.1 Å². The normalized spacial score (nSPS) is 12.9. The summed E-state index contributed by atoms with van der Waals surface area (Å²) >= 11 is 0. The van der Waals surface area contributed by atoms with Crippen LogP contribution in [0.15, 0.2) is 37.5 Å². The predicted octanol–water partition coefficient (Wildman–Crippen LogP) is 20.3. The van der Waals surface area contributed by atoms with E-state index in [1.807, 2.05) is 104 Å². The van der Waals surface area contributed by atoms with E-state index in [9.17, 15) is 57.8 Å². The number of esters is 10. The second-order valence-electron chi connectivity index (χ2n) is 41.7. The fraction of sp³-hybridized carbons (Fsp3) is 0.817. The van der Waals surface area contributed by atoms with Gasteiger partial charge in [-0.15, -0.1) is 0 Å². The second kappa shape index (κ2) is 70.4. The Hall–Kier alpha value is -5.22. The Morgan fingerprint density at radius 3 is 1.08 bits per heavy atom. The Balaban J connectivity index is -0.000000373. The van der Waals surface area contributed by atoms with Crippen LogP contribution >= 0.6 is 0 Å². The van der Waals surface area contributed by atoms with Crippen LogP contribution in [0.3, 0.4) is 0 Å². The molecule has 0 saturated carbocycles. The molecule has 0 aliphatic heterocycles. The van der Waals surface area contributed by atoms with Crippen LogP contribution in [0.5, 0.6) is 0 Å². The fourth-order valence-corrected chi connectivity index (χ4v) is 46.8. The average Bonchev–Trinajstić information content (AvgIpc) is 0.791. The maximum Gasteiger partial charge on any atom is 0.471 e. The van der Waals surface area contributed by atoms with Crippen molar-refractivity contribution in [3.63, 3.8) is 0 Å². The van der Waals surface area contributed by atoms with Crippen LogP contribution < -0.4 is 5.32 Å². The van der Waals surface area contributed by atoms with E-state index in [1.165, 1.54) is 0 Å². The number of hydrogen-bond acceptors (Lipinski definition) is 31. The molecule has 134 heavy (non-hydrogen) atoms. The lowest BCUT2D eigenvalue weighted by molar-refractivity contribution is -0.181. The van der Waals surface area contributed by atoms with Crippen LogP contribution in [0.1, 0.15) is 201 Å². The zero-order valence-corrected chi connectivity index (χ0v) is 99.6. The summed E-state index contributed by atoms with van der Waals surface area (Å²) in [4.78, 5) is 125. The molecule has 0 spiro atoms. The summed E-state index contributed by atoms with van der Waals surface area (Å²) in [6.07, 6.45) is 8.83. The molecule has 0 saturated heterocycles. The van der Waals surface area contributed by atoms with Crippen LogP contribution in [0, 0.1) is 33.5 Å². The Labute approximate surface area is 818 Å². The molecule has 32 nitrogen and oxygen atoms in total. The highest BCUT2D eigenvalue weighted by atomic mass is 28.5. The molecule has 0 aromatic heterocycles. The van der Waals surface area contributed by atoms with Crippen molar-refractivity contribution in [3.8, 4) is 0 Å². The van der Waals surface area contributed by atoms with E-state index in [1.54, 1.807) is 13.8 Å². The van der Waals surface area contributed by atoms with Gasteiger partial charge in [0.15, 0.2) is 58.2 Å². The van der Waals surface area contributed by atoms with E-state index >= 15 is 0 Å². The number of alkyl carbamates (subject to hydrolysis) is 1. The number of hydrogen-bond donors (Lipinski definition) is 2. The molecule has 1 amide bonds. The van der Waals surface area contributed by atoms with Gasteiger partial charge in [-0.3, -0.25) is 33.6 Å². The van der Waals surface area contributed by atoms with Crippen LogP contribution in [-0.2, 0) is 134 Å². The first-order valence-corrected chi connectivity index (χ1v) is 75.6. The number of nitrogens with one attached hydrogen (secondary N) is 1. The van der Waals surface area contributed by atoms with Crippen molar-refractivity contribution in [2.75, 3.05) is 99.0 Å². The number of carbonyl (C=O) groups excluding carboxylic acids is 11. The van der Waals surface area contributed by atoms with Crippen molar-refractivity contribution < 1.29 is 144 Å². The second-order valence-corrected chi connectivity index (χ2v) is 80.4. The van der Waals surface area contributed by atoms with Gasteiger partial charge in [0.1, 0.15) is 46.2 Å². The highest BCUT2D eigenvalue weighted by Gasteiger charge is 2.52. The van der Waals surface area contributed by atoms with E-state index in [0.717, 1.165) is 49.9 Å². The van der Waals surface area contributed by atoms with Gasteiger partial charge in [0.25, 0.3) is 0 Å². The number of aliphatic hydroxyl groups is 1. The molecule has 0 aromatic carbocycles. The third-order valence-corrected chi connectivity index (χ3v) is 47.4. The van der Waals surface area contributed by atoms with Gasteiger partial charge in [0, 0.05) is 56.4 Å². The molecule has 0 bridgehead atoms. The van der Waals surface area contributed by atoms with Crippen molar-refractivity contribution >= 4 is 141 Å². The predicted molar refractivity (Wildman–Crippen MR) is 550 cm³/mol. The van der Waals surface area contributed by atoms with Crippen LogP contribution in [0.4, 0.5) is 4.79 Å². The van der Waals surface area contributed by atoms with Gasteiger partial charge >= 0.3 is 83.2 Å². The monoisotopic (exact) mass is 2070 g/mol. The number of aliphatic hydroxyl groups excluding tert-OH is 1. The minimum Gasteiger partial charge on any atom is -0.465 e. The van der Waals surface area contributed by atoms with Crippen molar-refractivity contribution in [1.29, 1.82) is 0 Å². The SMILES string of the molecule is C=C(C)C(=O)OCCOC(=O)C(C)(C)CC.C=CC(=O)OCCCC(=O)OCCOC(=O)C(C)CC.C=CC(=O)OCCOC(=O)C(C)(C)CC.CCC(C)(C)C(=O)OC(O)CCOCCC[Si](C)(C)O[Si](C)(C)C.CCC(C)(C)C(=O)OCCC[Si](O[Si](C)(C)C)(O[Si](C)(C)C)O[Si](C)(C)O[Si](C)(C)C.CCC(C)C(=O)OCCCNC(=O)OCCOCCC[Si](C)(C)O[Si](C)(C)C. The first-order valence-electron chi connectivity index (χ1n) is 47.6. The molecule has 0 radical (unpaired) electrons. The Morgan fingerprint density at radius 2 is 0.694 bits per heavy atom. The molecule has 788 valence electrons. The van der Waals surface area contributed by atoms with E-state index in [4.69, 9.17) is 81.5 Å². The Kier molecular flexibility index (Phi) is 73.3. The maximum atomic E-state index is 12.4. The number of rotatable bonds is 63. The molecule has 0 aromatic rings. The lowest BCUT2D eigenvalue weighted by atomic mass is 9.91. The third-order valence-electron chi connectivity index (χ3n) is 19.0. The summed E-state index contributed by atoms with van der Waals surface area (Å²) in [5, 5.41) is 12.4. The number of carbonyl (C=O) groups is 11. The summed E-state index contributed by atoms with van der Waals surface area (Å²) in [7, 11) is -17.4. The Bertz CT molecular complexity index is 3360. The lowest BCUT2D eigenvalue weighted by Crippen LogP contribution is -2.62. The van der Waals surface area contributed by atoms with Gasteiger partial charge in [0.05, 0.1) is 66.5 Å². The molecule has 3 unspecified atom stereocenters. The molecular formula is C93H189NO31Si9. The number of amides is 1. The molecule has 3 atom stereocenters. The summed E-state index contributed by atoms with van der Waals surface area (Å²) in [6, 6.07) is 2.77. The number of ether oxygens (including phenoxy) is 13. The van der Waals surface area contributed by atoms with Crippen molar-refractivity contribution in [2.24, 2.45) is 33.5 Å². The molecule has 2 N–H and O–H groups in total. The highest BCUT2D eigenvalue weighted by Crippen LogP contribution is 2.33. The zero-order valence-electron chi connectivity index (χ0n) is 90.6. The molecule has 0 aliphatic carbocycles. The van der Waals surface area contributed by atoms with E-state index in [-0.39, 0.29) is 107 Å². The zero-order chi connectivity index (χ0) is 106. The van der Waals surface area contributed by atoms with E-state index in [2.05, 4.69) is 167 Å². The maximum absolute atomic E-state index is 12.4. The van der Waals surface area contributed by atoms with Crippen molar-refractivity contribution in [1.82, 2.24) is 5.32 Å². The van der Waals surface area contributed by atoms with Crippen molar-refractivity contribution in [3.05, 3.63) is 37.5 Å². The van der Waals surface area contributed by atoms with E-state index < -0.39 is 134 Å². The minimum atomic E-state index is -3.04. The largest absolute Gasteiger partial charge is 0.471 e. The lowest BCUT2D eigenvalue weighted by Gasteiger charge is -2.44. The molecule has 41 heteroatoms.